The molecule has 1 heterocycles. The minimum atomic E-state index is 0.355. The van der Waals surface area contributed by atoms with Gasteiger partial charge < -0.3 is 10.2 Å². The zero-order valence-corrected chi connectivity index (χ0v) is 13.1. The molecule has 0 aliphatic carbocycles. The number of thioether (sulfide) groups is 1. The molecule has 2 unspecified atom stereocenters. The van der Waals surface area contributed by atoms with Crippen LogP contribution in [-0.4, -0.2) is 49.1 Å². The highest BCUT2D eigenvalue weighted by Gasteiger charge is 2.28. The summed E-state index contributed by atoms with van der Waals surface area (Å²) < 4.78 is 0. The van der Waals surface area contributed by atoms with Crippen molar-refractivity contribution < 1.29 is 0 Å². The fourth-order valence-corrected chi connectivity index (χ4v) is 3.37. The fraction of sp³-hybridized carbons (Fsp3) is 1.00. The van der Waals surface area contributed by atoms with Crippen molar-refractivity contribution >= 4 is 11.8 Å². The molecule has 1 aliphatic rings. The minimum absolute atomic E-state index is 0.355. The molecule has 2 atom stereocenters. The minimum Gasteiger partial charge on any atom is -0.317 e. The summed E-state index contributed by atoms with van der Waals surface area (Å²) in [5.41, 5.74) is 0.355. The predicted octanol–water partition coefficient (Wildman–Crippen LogP) is 2.84. The maximum atomic E-state index is 3.40. The topological polar surface area (TPSA) is 15.3 Å². The van der Waals surface area contributed by atoms with E-state index in [9.17, 15) is 0 Å². The molecule has 1 N–H and O–H groups in total. The van der Waals surface area contributed by atoms with Crippen LogP contribution in [0.1, 0.15) is 40.0 Å². The van der Waals surface area contributed by atoms with Crippen LogP contribution in [-0.2, 0) is 0 Å². The van der Waals surface area contributed by atoms with Gasteiger partial charge in [0.15, 0.2) is 0 Å². The summed E-state index contributed by atoms with van der Waals surface area (Å²) >= 11 is 2.05. The zero-order valence-electron chi connectivity index (χ0n) is 12.3. The average molecular weight is 258 g/mol. The van der Waals surface area contributed by atoms with Crippen LogP contribution in [0.3, 0.4) is 0 Å². The van der Waals surface area contributed by atoms with E-state index in [2.05, 4.69) is 56.1 Å². The van der Waals surface area contributed by atoms with Crippen LogP contribution in [0.2, 0.25) is 0 Å². The monoisotopic (exact) mass is 258 g/mol. The van der Waals surface area contributed by atoms with Gasteiger partial charge in [0, 0.05) is 17.8 Å². The van der Waals surface area contributed by atoms with Crippen LogP contribution >= 0.6 is 11.8 Å². The summed E-state index contributed by atoms with van der Waals surface area (Å²) in [5, 5.41) is 4.29. The van der Waals surface area contributed by atoms with Crippen molar-refractivity contribution in [2.75, 3.05) is 32.9 Å². The molecule has 0 aromatic carbocycles. The largest absolute Gasteiger partial charge is 0.317 e. The summed E-state index contributed by atoms with van der Waals surface area (Å²) in [6.45, 7) is 10.8. The predicted molar refractivity (Wildman–Crippen MR) is 79.9 cm³/mol. The van der Waals surface area contributed by atoms with Gasteiger partial charge in [0.2, 0.25) is 0 Å². The molecule has 2 nitrogen and oxygen atoms in total. The average Bonchev–Trinajstić information content (AvgIpc) is 2.52. The third-order valence-electron chi connectivity index (χ3n) is 4.34. The zero-order chi connectivity index (χ0) is 12.9. The van der Waals surface area contributed by atoms with Gasteiger partial charge in [-0.3, -0.25) is 0 Å². The molecule has 0 aromatic heterocycles. The summed E-state index contributed by atoms with van der Waals surface area (Å²) in [4.78, 5) is 2.67. The normalized spacial score (nSPS) is 25.6. The Hall–Kier alpha value is 0.270. The second-order valence-electron chi connectivity index (χ2n) is 6.06. The molecule has 0 aromatic rings. The first-order valence-corrected chi connectivity index (χ1v) is 8.21. The maximum Gasteiger partial charge on any atom is 0.00991 e. The number of nitrogens with zero attached hydrogens (tertiary/aromatic N) is 1. The standard InChI is InChI=1S/C14H30N2S/c1-12(15-4)14(2,3)11-16-9-6-7-13(17-5)8-10-16/h12-13,15H,6-11H2,1-5H3. The van der Waals surface area contributed by atoms with Gasteiger partial charge in [-0.1, -0.05) is 13.8 Å². The van der Waals surface area contributed by atoms with Crippen LogP contribution in [0.25, 0.3) is 0 Å². The Morgan fingerprint density at radius 1 is 1.35 bits per heavy atom. The van der Waals surface area contributed by atoms with Gasteiger partial charge in [0.1, 0.15) is 0 Å². The molecule has 0 radical (unpaired) electrons. The molecule has 0 saturated carbocycles. The molecule has 0 bridgehead atoms. The van der Waals surface area contributed by atoms with E-state index in [0.29, 0.717) is 11.5 Å². The van der Waals surface area contributed by atoms with Crippen molar-refractivity contribution in [1.82, 2.24) is 10.2 Å². The van der Waals surface area contributed by atoms with Gasteiger partial charge in [-0.2, -0.15) is 11.8 Å². The lowest BCUT2D eigenvalue weighted by Crippen LogP contribution is -2.46. The van der Waals surface area contributed by atoms with Crippen LogP contribution in [0.4, 0.5) is 0 Å². The van der Waals surface area contributed by atoms with Gasteiger partial charge in [-0.15, -0.1) is 0 Å². The third-order valence-corrected chi connectivity index (χ3v) is 5.48. The Labute approximate surface area is 112 Å². The second-order valence-corrected chi connectivity index (χ2v) is 7.20. The van der Waals surface area contributed by atoms with Gasteiger partial charge in [0.25, 0.3) is 0 Å². The van der Waals surface area contributed by atoms with Gasteiger partial charge in [0.05, 0.1) is 0 Å². The Balaban J connectivity index is 2.46. The van der Waals surface area contributed by atoms with Crippen molar-refractivity contribution in [2.24, 2.45) is 5.41 Å². The van der Waals surface area contributed by atoms with Crippen molar-refractivity contribution in [2.45, 2.75) is 51.3 Å². The lowest BCUT2D eigenvalue weighted by Gasteiger charge is -2.36. The number of hydrogen-bond acceptors (Lipinski definition) is 3. The van der Waals surface area contributed by atoms with E-state index < -0.39 is 0 Å². The molecule has 1 aliphatic heterocycles. The van der Waals surface area contributed by atoms with Crippen LogP contribution < -0.4 is 5.32 Å². The Bertz CT molecular complexity index is 218. The molecule has 1 saturated heterocycles. The first-order valence-electron chi connectivity index (χ1n) is 6.92. The lowest BCUT2D eigenvalue weighted by atomic mass is 9.85. The van der Waals surface area contributed by atoms with E-state index in [4.69, 9.17) is 0 Å². The summed E-state index contributed by atoms with van der Waals surface area (Å²) in [6, 6.07) is 0.571. The molecular formula is C14H30N2S. The Kier molecular flexibility index (Phi) is 6.32. The molecule has 1 rings (SSSR count). The maximum absolute atomic E-state index is 3.40. The van der Waals surface area contributed by atoms with Crippen LogP contribution in [0, 0.1) is 5.41 Å². The molecule has 0 amide bonds. The second kappa shape index (κ2) is 7.01. The van der Waals surface area contributed by atoms with E-state index in [1.807, 2.05) is 0 Å². The summed E-state index contributed by atoms with van der Waals surface area (Å²) in [5.74, 6) is 0. The quantitative estimate of drug-likeness (QED) is 0.816. The first kappa shape index (κ1) is 15.3. The lowest BCUT2D eigenvalue weighted by molar-refractivity contribution is 0.150. The van der Waals surface area contributed by atoms with Crippen molar-refractivity contribution in [3.05, 3.63) is 0 Å². The van der Waals surface area contributed by atoms with E-state index in [0.717, 1.165) is 5.25 Å². The fourth-order valence-electron chi connectivity index (χ4n) is 2.62. The molecule has 17 heavy (non-hydrogen) atoms. The van der Waals surface area contributed by atoms with Crippen molar-refractivity contribution in [3.63, 3.8) is 0 Å². The van der Waals surface area contributed by atoms with E-state index >= 15 is 0 Å². The molecule has 102 valence electrons. The highest BCUT2D eigenvalue weighted by molar-refractivity contribution is 7.99. The highest BCUT2D eigenvalue weighted by atomic mass is 32.2. The van der Waals surface area contributed by atoms with E-state index in [-0.39, 0.29) is 0 Å². The van der Waals surface area contributed by atoms with E-state index in [1.165, 1.54) is 38.9 Å². The molecule has 3 heteroatoms. The molecule has 1 fully saturated rings. The Morgan fingerprint density at radius 2 is 2.06 bits per heavy atom. The SMILES string of the molecule is CNC(C)C(C)(C)CN1CCCC(SC)CC1. The molecular weight excluding hydrogens is 228 g/mol. The number of nitrogens with one attached hydrogen (secondary N) is 1. The van der Waals surface area contributed by atoms with Crippen LogP contribution in [0.15, 0.2) is 0 Å². The van der Waals surface area contributed by atoms with Crippen LogP contribution in [0.5, 0.6) is 0 Å². The Morgan fingerprint density at radius 3 is 2.65 bits per heavy atom. The molecule has 0 spiro atoms. The number of likely N-dealkylation sites (tertiary alicyclic amines) is 1. The number of rotatable bonds is 5. The summed E-state index contributed by atoms with van der Waals surface area (Å²) in [7, 11) is 2.07. The number of hydrogen-bond donors (Lipinski definition) is 1. The van der Waals surface area contributed by atoms with Gasteiger partial charge in [-0.05, 0) is 58.0 Å². The van der Waals surface area contributed by atoms with Gasteiger partial charge in [-0.25, -0.2) is 0 Å². The summed E-state index contributed by atoms with van der Waals surface area (Å²) in [6.07, 6.45) is 6.40. The smallest absolute Gasteiger partial charge is 0.00991 e. The van der Waals surface area contributed by atoms with Crippen molar-refractivity contribution in [3.8, 4) is 0 Å². The highest BCUT2D eigenvalue weighted by Crippen LogP contribution is 2.26. The third kappa shape index (κ3) is 4.80. The van der Waals surface area contributed by atoms with Gasteiger partial charge >= 0.3 is 0 Å². The first-order chi connectivity index (χ1) is 7.99. The van der Waals surface area contributed by atoms with Crippen molar-refractivity contribution in [1.29, 1.82) is 0 Å². The van der Waals surface area contributed by atoms with E-state index in [1.54, 1.807) is 0 Å².